The van der Waals surface area contributed by atoms with Crippen LogP contribution in [0.2, 0.25) is 0 Å². The zero-order chi connectivity index (χ0) is 13.2. The Balaban J connectivity index is 1.91. The highest BCUT2D eigenvalue weighted by Gasteiger charge is 2.08. The number of ether oxygens (including phenoxy) is 1. The molecule has 5 heteroatoms. The van der Waals surface area contributed by atoms with E-state index in [4.69, 9.17) is 4.74 Å². The van der Waals surface area contributed by atoms with Crippen molar-refractivity contribution in [2.45, 2.75) is 13.0 Å². The quantitative estimate of drug-likeness (QED) is 0.795. The van der Waals surface area contributed by atoms with E-state index in [0.717, 1.165) is 21.0 Å². The van der Waals surface area contributed by atoms with Crippen molar-refractivity contribution in [3.63, 3.8) is 0 Å². The maximum absolute atomic E-state index is 9.22. The normalized spacial score (nSPS) is 12.7. The number of hydrogen-bond donors (Lipinski definition) is 1. The van der Waals surface area contributed by atoms with Crippen LogP contribution in [0.15, 0.2) is 35.7 Å². The minimum absolute atomic E-state index is 0.308. The maximum atomic E-state index is 9.22. The minimum Gasteiger partial charge on any atom is -0.491 e. The van der Waals surface area contributed by atoms with Gasteiger partial charge in [0.05, 0.1) is 21.2 Å². The SMILES string of the molecule is CC(O)COc1ccc2nc(-c3cccs3)sc2c1. The molecular formula is C14H13NO2S2. The van der Waals surface area contributed by atoms with Gasteiger partial charge in [-0.25, -0.2) is 4.98 Å². The topological polar surface area (TPSA) is 42.4 Å². The van der Waals surface area contributed by atoms with Gasteiger partial charge in [-0.2, -0.15) is 0 Å². The average molecular weight is 291 g/mol. The summed E-state index contributed by atoms with van der Waals surface area (Å²) in [5.41, 5.74) is 0.984. The molecule has 0 saturated carbocycles. The van der Waals surface area contributed by atoms with Gasteiger partial charge >= 0.3 is 0 Å². The lowest BCUT2D eigenvalue weighted by atomic mass is 10.3. The number of thiophene rings is 1. The largest absolute Gasteiger partial charge is 0.491 e. The molecule has 1 atom stereocenters. The molecule has 0 aliphatic rings. The minimum atomic E-state index is -0.459. The molecule has 2 aromatic heterocycles. The van der Waals surface area contributed by atoms with Crippen LogP contribution in [0.4, 0.5) is 0 Å². The molecule has 0 saturated heterocycles. The fourth-order valence-electron chi connectivity index (χ4n) is 1.72. The van der Waals surface area contributed by atoms with Crippen molar-refractivity contribution in [1.29, 1.82) is 0 Å². The highest BCUT2D eigenvalue weighted by molar-refractivity contribution is 7.25. The Morgan fingerprint density at radius 3 is 3.00 bits per heavy atom. The van der Waals surface area contributed by atoms with Gasteiger partial charge in [-0.3, -0.25) is 0 Å². The number of fused-ring (bicyclic) bond motifs is 1. The second kappa shape index (κ2) is 5.28. The molecular weight excluding hydrogens is 278 g/mol. The number of benzene rings is 1. The van der Waals surface area contributed by atoms with Crippen LogP contribution in [0, 0.1) is 0 Å². The van der Waals surface area contributed by atoms with Gasteiger partial charge in [0.1, 0.15) is 17.4 Å². The van der Waals surface area contributed by atoms with Gasteiger partial charge < -0.3 is 9.84 Å². The summed E-state index contributed by atoms with van der Waals surface area (Å²) in [6, 6.07) is 9.94. The number of hydrogen-bond acceptors (Lipinski definition) is 5. The van der Waals surface area contributed by atoms with Crippen LogP contribution in [0.3, 0.4) is 0 Å². The summed E-state index contributed by atoms with van der Waals surface area (Å²) in [5, 5.41) is 12.3. The van der Waals surface area contributed by atoms with Crippen LogP contribution in [0.25, 0.3) is 20.1 Å². The smallest absolute Gasteiger partial charge is 0.134 e. The maximum Gasteiger partial charge on any atom is 0.134 e. The van der Waals surface area contributed by atoms with E-state index < -0.39 is 6.10 Å². The lowest BCUT2D eigenvalue weighted by molar-refractivity contribution is 0.123. The first kappa shape index (κ1) is 12.6. The van der Waals surface area contributed by atoms with E-state index in [9.17, 15) is 5.11 Å². The second-order valence-electron chi connectivity index (χ2n) is 4.29. The molecule has 1 aromatic carbocycles. The number of aromatic nitrogens is 1. The first-order valence-corrected chi connectivity index (χ1v) is 7.67. The predicted octanol–water partition coefficient (Wildman–Crippen LogP) is 3.78. The van der Waals surface area contributed by atoms with Gasteiger partial charge in [-0.05, 0) is 36.6 Å². The van der Waals surface area contributed by atoms with Crippen molar-refractivity contribution < 1.29 is 9.84 Å². The lowest BCUT2D eigenvalue weighted by Crippen LogP contribution is -2.12. The van der Waals surface area contributed by atoms with Gasteiger partial charge in [-0.15, -0.1) is 22.7 Å². The van der Waals surface area contributed by atoms with Gasteiger partial charge in [0.25, 0.3) is 0 Å². The zero-order valence-electron chi connectivity index (χ0n) is 10.4. The molecule has 2 heterocycles. The Labute approximate surface area is 119 Å². The molecule has 0 fully saturated rings. The summed E-state index contributed by atoms with van der Waals surface area (Å²) >= 11 is 3.35. The van der Waals surface area contributed by atoms with E-state index in [2.05, 4.69) is 16.4 Å². The molecule has 1 unspecified atom stereocenters. The summed E-state index contributed by atoms with van der Waals surface area (Å²) in [6.07, 6.45) is -0.459. The standard InChI is InChI=1S/C14H13NO2S2/c1-9(16)8-17-10-4-5-11-13(7-10)19-14(15-11)12-3-2-6-18-12/h2-7,9,16H,8H2,1H3. The Morgan fingerprint density at radius 1 is 1.37 bits per heavy atom. The summed E-state index contributed by atoms with van der Waals surface area (Å²) in [7, 11) is 0. The van der Waals surface area contributed by atoms with Crippen LogP contribution in [-0.2, 0) is 0 Å². The average Bonchev–Trinajstić information content (AvgIpc) is 3.04. The summed E-state index contributed by atoms with van der Waals surface area (Å²) in [6.45, 7) is 2.02. The van der Waals surface area contributed by atoms with E-state index >= 15 is 0 Å². The highest BCUT2D eigenvalue weighted by Crippen LogP contribution is 2.34. The molecule has 0 aliphatic heterocycles. The third kappa shape index (κ3) is 2.78. The summed E-state index contributed by atoms with van der Waals surface area (Å²) in [4.78, 5) is 5.80. The van der Waals surface area contributed by atoms with E-state index in [1.54, 1.807) is 29.6 Å². The number of thiazole rings is 1. The monoisotopic (exact) mass is 291 g/mol. The van der Waals surface area contributed by atoms with E-state index in [1.807, 2.05) is 24.3 Å². The molecule has 0 amide bonds. The molecule has 0 aliphatic carbocycles. The van der Waals surface area contributed by atoms with Crippen molar-refractivity contribution in [3.05, 3.63) is 35.7 Å². The van der Waals surface area contributed by atoms with Crippen molar-refractivity contribution in [2.24, 2.45) is 0 Å². The highest BCUT2D eigenvalue weighted by atomic mass is 32.1. The Morgan fingerprint density at radius 2 is 2.26 bits per heavy atom. The van der Waals surface area contributed by atoms with Gasteiger partial charge in [0, 0.05) is 0 Å². The van der Waals surface area contributed by atoms with Gasteiger partial charge in [0.15, 0.2) is 0 Å². The number of aliphatic hydroxyl groups excluding tert-OH is 1. The third-order valence-corrected chi connectivity index (χ3v) is 4.64. The van der Waals surface area contributed by atoms with Crippen molar-refractivity contribution in [1.82, 2.24) is 4.98 Å². The molecule has 0 radical (unpaired) electrons. The molecule has 98 valence electrons. The molecule has 19 heavy (non-hydrogen) atoms. The Kier molecular flexibility index (Phi) is 3.50. The van der Waals surface area contributed by atoms with Crippen molar-refractivity contribution in [2.75, 3.05) is 6.61 Å². The molecule has 0 spiro atoms. The predicted molar refractivity (Wildman–Crippen MR) is 80.1 cm³/mol. The molecule has 3 nitrogen and oxygen atoms in total. The van der Waals surface area contributed by atoms with Crippen LogP contribution in [0.1, 0.15) is 6.92 Å². The Hall–Kier alpha value is -1.43. The first-order valence-electron chi connectivity index (χ1n) is 5.98. The van der Waals surface area contributed by atoms with Gasteiger partial charge in [-0.1, -0.05) is 6.07 Å². The van der Waals surface area contributed by atoms with E-state index in [-0.39, 0.29) is 0 Å². The fraction of sp³-hybridized carbons (Fsp3) is 0.214. The van der Waals surface area contributed by atoms with Gasteiger partial charge in [0.2, 0.25) is 0 Å². The summed E-state index contributed by atoms with van der Waals surface area (Å²) < 4.78 is 6.61. The van der Waals surface area contributed by atoms with E-state index in [0.29, 0.717) is 6.61 Å². The fourth-order valence-corrected chi connectivity index (χ4v) is 3.51. The first-order chi connectivity index (χ1) is 9.22. The second-order valence-corrected chi connectivity index (χ2v) is 6.26. The lowest BCUT2D eigenvalue weighted by Gasteiger charge is -2.07. The van der Waals surface area contributed by atoms with Crippen molar-refractivity contribution in [3.8, 4) is 15.6 Å². The zero-order valence-corrected chi connectivity index (χ0v) is 12.0. The van der Waals surface area contributed by atoms with Crippen LogP contribution in [0.5, 0.6) is 5.75 Å². The molecule has 1 N–H and O–H groups in total. The Bertz CT molecular complexity index is 674. The van der Waals surface area contributed by atoms with Crippen LogP contribution in [-0.4, -0.2) is 22.8 Å². The van der Waals surface area contributed by atoms with Crippen LogP contribution >= 0.6 is 22.7 Å². The molecule has 3 aromatic rings. The number of rotatable bonds is 4. The number of aliphatic hydroxyl groups is 1. The third-order valence-electron chi connectivity index (χ3n) is 2.58. The van der Waals surface area contributed by atoms with Crippen molar-refractivity contribution >= 4 is 32.9 Å². The number of nitrogens with zero attached hydrogens (tertiary/aromatic N) is 1. The summed E-state index contributed by atoms with van der Waals surface area (Å²) in [5.74, 6) is 0.773. The molecule has 0 bridgehead atoms. The van der Waals surface area contributed by atoms with Crippen LogP contribution < -0.4 is 4.74 Å². The molecule has 3 rings (SSSR count). The van der Waals surface area contributed by atoms with E-state index in [1.165, 1.54) is 4.88 Å².